The third-order valence-electron chi connectivity index (χ3n) is 3.32. The second-order valence-corrected chi connectivity index (χ2v) is 5.54. The summed E-state index contributed by atoms with van der Waals surface area (Å²) in [4.78, 5) is 9.33. The Kier molecular flexibility index (Phi) is 2.92. The molecule has 1 aliphatic heterocycles. The summed E-state index contributed by atoms with van der Waals surface area (Å²) in [5, 5.41) is 3.32. The SMILES string of the molecule is Cc1cc(Br)ccc1-c1nc(C)c2c(n1)CNC2. The Labute approximate surface area is 115 Å². The topological polar surface area (TPSA) is 37.8 Å². The van der Waals surface area contributed by atoms with Crippen molar-refractivity contribution in [2.24, 2.45) is 0 Å². The Morgan fingerprint density at radius 2 is 2.00 bits per heavy atom. The van der Waals surface area contributed by atoms with Gasteiger partial charge in [0, 0.05) is 34.4 Å². The number of aromatic nitrogens is 2. The van der Waals surface area contributed by atoms with Crippen LogP contribution in [0.5, 0.6) is 0 Å². The molecule has 3 nitrogen and oxygen atoms in total. The van der Waals surface area contributed by atoms with Crippen LogP contribution in [-0.4, -0.2) is 9.97 Å². The molecule has 1 N–H and O–H groups in total. The third kappa shape index (κ3) is 1.95. The van der Waals surface area contributed by atoms with Gasteiger partial charge < -0.3 is 5.32 Å². The van der Waals surface area contributed by atoms with Crippen LogP contribution in [0.25, 0.3) is 11.4 Å². The minimum Gasteiger partial charge on any atom is -0.307 e. The van der Waals surface area contributed by atoms with Gasteiger partial charge in [-0.05, 0) is 37.6 Å². The van der Waals surface area contributed by atoms with Crippen LogP contribution in [0.2, 0.25) is 0 Å². The van der Waals surface area contributed by atoms with Crippen LogP contribution in [0.4, 0.5) is 0 Å². The summed E-state index contributed by atoms with van der Waals surface area (Å²) in [6.07, 6.45) is 0. The third-order valence-corrected chi connectivity index (χ3v) is 3.82. The van der Waals surface area contributed by atoms with E-state index in [-0.39, 0.29) is 0 Å². The zero-order chi connectivity index (χ0) is 12.7. The fourth-order valence-corrected chi connectivity index (χ4v) is 2.81. The Morgan fingerprint density at radius 3 is 2.78 bits per heavy atom. The lowest BCUT2D eigenvalue weighted by Crippen LogP contribution is -2.00. The van der Waals surface area contributed by atoms with Gasteiger partial charge in [0.15, 0.2) is 5.82 Å². The number of benzene rings is 1. The summed E-state index contributed by atoms with van der Waals surface area (Å²) < 4.78 is 1.09. The average Bonchev–Trinajstić information content (AvgIpc) is 2.77. The summed E-state index contributed by atoms with van der Waals surface area (Å²) in [6, 6.07) is 6.20. The minimum atomic E-state index is 0.833. The Hall–Kier alpha value is -1.26. The van der Waals surface area contributed by atoms with E-state index < -0.39 is 0 Å². The Balaban J connectivity index is 2.15. The molecule has 1 aromatic heterocycles. The minimum absolute atomic E-state index is 0.833. The van der Waals surface area contributed by atoms with Crippen molar-refractivity contribution in [1.29, 1.82) is 0 Å². The van der Waals surface area contributed by atoms with Gasteiger partial charge in [-0.2, -0.15) is 0 Å². The predicted octanol–water partition coefficient (Wildman–Crippen LogP) is 3.13. The van der Waals surface area contributed by atoms with E-state index in [1.165, 1.54) is 11.1 Å². The quantitative estimate of drug-likeness (QED) is 0.879. The van der Waals surface area contributed by atoms with Crippen molar-refractivity contribution in [2.45, 2.75) is 26.9 Å². The molecule has 1 aliphatic rings. The molecule has 0 unspecified atom stereocenters. The van der Waals surface area contributed by atoms with Crippen LogP contribution >= 0.6 is 15.9 Å². The van der Waals surface area contributed by atoms with E-state index >= 15 is 0 Å². The number of fused-ring (bicyclic) bond motifs is 1. The number of nitrogens with one attached hydrogen (secondary N) is 1. The fraction of sp³-hybridized carbons (Fsp3) is 0.286. The maximum absolute atomic E-state index is 4.69. The molecular formula is C14H14BrN3. The predicted molar refractivity (Wildman–Crippen MR) is 75.2 cm³/mol. The molecule has 2 aromatic rings. The number of hydrogen-bond acceptors (Lipinski definition) is 3. The molecule has 0 saturated heterocycles. The van der Waals surface area contributed by atoms with Gasteiger partial charge in [-0.25, -0.2) is 9.97 Å². The molecule has 0 bridgehead atoms. The van der Waals surface area contributed by atoms with E-state index in [0.29, 0.717) is 0 Å². The number of nitrogens with zero attached hydrogens (tertiary/aromatic N) is 2. The van der Waals surface area contributed by atoms with E-state index in [1.807, 2.05) is 6.07 Å². The lowest BCUT2D eigenvalue weighted by molar-refractivity contribution is 0.757. The monoisotopic (exact) mass is 303 g/mol. The van der Waals surface area contributed by atoms with E-state index in [9.17, 15) is 0 Å². The first-order valence-corrected chi connectivity index (χ1v) is 6.78. The molecule has 92 valence electrons. The van der Waals surface area contributed by atoms with Crippen LogP contribution in [-0.2, 0) is 13.1 Å². The molecule has 2 heterocycles. The highest BCUT2D eigenvalue weighted by atomic mass is 79.9. The van der Waals surface area contributed by atoms with E-state index in [4.69, 9.17) is 0 Å². The summed E-state index contributed by atoms with van der Waals surface area (Å²) in [7, 11) is 0. The van der Waals surface area contributed by atoms with Crippen molar-refractivity contribution < 1.29 is 0 Å². The maximum Gasteiger partial charge on any atom is 0.159 e. The molecule has 0 fully saturated rings. The van der Waals surface area contributed by atoms with Crippen molar-refractivity contribution in [3.05, 3.63) is 45.2 Å². The molecule has 0 saturated carbocycles. The van der Waals surface area contributed by atoms with Crippen LogP contribution < -0.4 is 5.32 Å². The maximum atomic E-state index is 4.69. The first-order valence-electron chi connectivity index (χ1n) is 5.99. The number of rotatable bonds is 1. The van der Waals surface area contributed by atoms with Crippen molar-refractivity contribution in [1.82, 2.24) is 15.3 Å². The summed E-state index contributed by atoms with van der Waals surface area (Å²) in [5.41, 5.74) is 5.78. The summed E-state index contributed by atoms with van der Waals surface area (Å²) in [5.74, 6) is 0.833. The molecule has 4 heteroatoms. The van der Waals surface area contributed by atoms with Crippen molar-refractivity contribution >= 4 is 15.9 Å². The van der Waals surface area contributed by atoms with Gasteiger partial charge in [-0.3, -0.25) is 0 Å². The van der Waals surface area contributed by atoms with Gasteiger partial charge >= 0.3 is 0 Å². The highest BCUT2D eigenvalue weighted by Gasteiger charge is 2.17. The summed E-state index contributed by atoms with van der Waals surface area (Å²) in [6.45, 7) is 5.89. The van der Waals surface area contributed by atoms with Gasteiger partial charge in [0.05, 0.1) is 5.69 Å². The standard InChI is InChI=1S/C14H14BrN3/c1-8-5-10(15)3-4-11(8)14-17-9(2)12-6-16-7-13(12)18-14/h3-5,16H,6-7H2,1-2H3. The zero-order valence-electron chi connectivity index (χ0n) is 10.4. The van der Waals surface area contributed by atoms with Gasteiger partial charge in [0.1, 0.15) is 0 Å². The smallest absolute Gasteiger partial charge is 0.159 e. The van der Waals surface area contributed by atoms with E-state index in [0.717, 1.165) is 40.3 Å². The molecule has 0 radical (unpaired) electrons. The highest BCUT2D eigenvalue weighted by Crippen LogP contribution is 2.26. The zero-order valence-corrected chi connectivity index (χ0v) is 12.0. The summed E-state index contributed by atoms with van der Waals surface area (Å²) >= 11 is 3.48. The fourth-order valence-electron chi connectivity index (χ4n) is 2.34. The normalized spacial score (nSPS) is 13.7. The van der Waals surface area contributed by atoms with Gasteiger partial charge in [-0.15, -0.1) is 0 Å². The van der Waals surface area contributed by atoms with Crippen LogP contribution in [0, 0.1) is 13.8 Å². The van der Waals surface area contributed by atoms with Gasteiger partial charge in [0.25, 0.3) is 0 Å². The van der Waals surface area contributed by atoms with Crippen LogP contribution in [0.3, 0.4) is 0 Å². The molecule has 0 spiro atoms. The van der Waals surface area contributed by atoms with Gasteiger partial charge in [0.2, 0.25) is 0 Å². The Morgan fingerprint density at radius 1 is 1.17 bits per heavy atom. The lowest BCUT2D eigenvalue weighted by atomic mass is 10.1. The first kappa shape index (κ1) is 11.8. The first-order chi connectivity index (χ1) is 8.65. The van der Waals surface area contributed by atoms with Crippen LogP contribution in [0.15, 0.2) is 22.7 Å². The highest BCUT2D eigenvalue weighted by molar-refractivity contribution is 9.10. The van der Waals surface area contributed by atoms with Gasteiger partial charge in [-0.1, -0.05) is 15.9 Å². The second kappa shape index (κ2) is 4.44. The van der Waals surface area contributed by atoms with Crippen molar-refractivity contribution in [3.63, 3.8) is 0 Å². The Bertz CT molecular complexity index is 623. The van der Waals surface area contributed by atoms with E-state index in [2.05, 4.69) is 57.2 Å². The number of hydrogen-bond donors (Lipinski definition) is 1. The molecule has 0 aliphatic carbocycles. The average molecular weight is 304 g/mol. The number of halogens is 1. The molecule has 0 amide bonds. The molecule has 0 atom stereocenters. The van der Waals surface area contributed by atoms with Crippen molar-refractivity contribution in [2.75, 3.05) is 0 Å². The molecular weight excluding hydrogens is 290 g/mol. The lowest BCUT2D eigenvalue weighted by Gasteiger charge is -2.09. The number of aryl methyl sites for hydroxylation is 2. The second-order valence-electron chi connectivity index (χ2n) is 4.62. The van der Waals surface area contributed by atoms with Crippen LogP contribution in [0.1, 0.15) is 22.5 Å². The van der Waals surface area contributed by atoms with Crippen molar-refractivity contribution in [3.8, 4) is 11.4 Å². The molecule has 1 aromatic carbocycles. The largest absolute Gasteiger partial charge is 0.307 e. The molecule has 18 heavy (non-hydrogen) atoms. The molecule has 3 rings (SSSR count). The van der Waals surface area contributed by atoms with E-state index in [1.54, 1.807) is 0 Å².